The van der Waals surface area contributed by atoms with Crippen molar-refractivity contribution in [3.05, 3.63) is 211 Å². The fourth-order valence-corrected chi connectivity index (χ4v) is 8.25. The van der Waals surface area contributed by atoms with Crippen molar-refractivity contribution < 1.29 is 4.58 Å². The molecule has 0 fully saturated rings. The van der Waals surface area contributed by atoms with Crippen LogP contribution in [-0.2, 0) is 0 Å². The first-order valence-electron chi connectivity index (χ1n) is 18.4. The quantitative estimate of drug-likeness (QED) is 0.155. The normalized spacial score (nSPS) is 12.9. The average Bonchev–Trinajstić information content (AvgIpc) is 3.74. The Bertz CT molecular complexity index is 3110. The molecule has 1 aliphatic rings. The molecule has 54 heavy (non-hydrogen) atoms. The first kappa shape index (κ1) is 30.3. The molecule has 0 atom stereocenters. The smallest absolute Gasteiger partial charge is 0.279 e. The van der Waals surface area contributed by atoms with E-state index < -0.39 is 0 Å². The molecule has 0 spiro atoms. The lowest BCUT2D eigenvalue weighted by Gasteiger charge is -2.19. The van der Waals surface area contributed by atoms with Crippen molar-refractivity contribution >= 4 is 61.0 Å². The predicted molar refractivity (Wildman–Crippen MR) is 224 cm³/mol. The van der Waals surface area contributed by atoms with Gasteiger partial charge in [-0.2, -0.15) is 4.58 Å². The largest absolute Gasteiger partial charge is 0.309 e. The highest BCUT2D eigenvalue weighted by atomic mass is 15.2. The number of aromatic nitrogens is 2. The molecule has 0 saturated carbocycles. The summed E-state index contributed by atoms with van der Waals surface area (Å²) in [6, 6.07) is 71.6. The lowest BCUT2D eigenvalue weighted by atomic mass is 10.0. The number of rotatable bonds is 6. The van der Waals surface area contributed by atoms with Crippen LogP contribution in [0.25, 0.3) is 66.1 Å². The van der Waals surface area contributed by atoms with E-state index in [0.29, 0.717) is 0 Å². The van der Waals surface area contributed by atoms with Gasteiger partial charge in [0.1, 0.15) is 5.69 Å². The van der Waals surface area contributed by atoms with Crippen molar-refractivity contribution in [2.45, 2.75) is 0 Å². The minimum Gasteiger partial charge on any atom is -0.309 e. The number of aliphatic imine (C=N–C) groups is 1. The van der Waals surface area contributed by atoms with Crippen molar-refractivity contribution in [2.24, 2.45) is 4.99 Å². The van der Waals surface area contributed by atoms with Crippen LogP contribution < -0.4 is 0 Å². The Hall–Kier alpha value is -7.30. The van der Waals surface area contributed by atoms with Crippen molar-refractivity contribution in [1.29, 1.82) is 0 Å². The molecule has 0 N–H and O–H groups in total. The van der Waals surface area contributed by atoms with E-state index >= 15 is 0 Å². The van der Waals surface area contributed by atoms with E-state index in [2.05, 4.69) is 208 Å². The zero-order valence-corrected chi connectivity index (χ0v) is 29.3. The molecule has 1 aliphatic heterocycles. The lowest BCUT2D eigenvalue weighted by molar-refractivity contribution is -0.319. The summed E-state index contributed by atoms with van der Waals surface area (Å²) >= 11 is 0. The van der Waals surface area contributed by atoms with Gasteiger partial charge in [-0.1, -0.05) is 114 Å². The van der Waals surface area contributed by atoms with E-state index in [9.17, 15) is 0 Å². The highest BCUT2D eigenvalue weighted by Gasteiger charge is 2.33. The molecule has 4 nitrogen and oxygen atoms in total. The van der Waals surface area contributed by atoms with Gasteiger partial charge in [0, 0.05) is 32.9 Å². The highest BCUT2D eigenvalue weighted by Crippen LogP contribution is 2.38. The van der Waals surface area contributed by atoms with Crippen molar-refractivity contribution in [3.63, 3.8) is 0 Å². The summed E-state index contributed by atoms with van der Waals surface area (Å²) < 4.78 is 7.02. The molecule has 10 aromatic rings. The molecule has 0 amide bonds. The molecule has 8 aromatic carbocycles. The molecule has 2 aromatic heterocycles. The number of hydrogen-bond donors (Lipinski definition) is 0. The molecule has 0 radical (unpaired) electrons. The van der Waals surface area contributed by atoms with Gasteiger partial charge in [-0.15, -0.1) is 0 Å². The van der Waals surface area contributed by atoms with Crippen LogP contribution in [0.3, 0.4) is 0 Å². The van der Waals surface area contributed by atoms with Crippen LogP contribution >= 0.6 is 0 Å². The summed E-state index contributed by atoms with van der Waals surface area (Å²) in [6.45, 7) is 0. The fourth-order valence-electron chi connectivity index (χ4n) is 8.25. The molecule has 0 saturated heterocycles. The molecule has 252 valence electrons. The summed E-state index contributed by atoms with van der Waals surface area (Å²) in [5, 5.41) is 4.98. The number of nitrogens with zero attached hydrogens (tertiary/aromatic N) is 4. The van der Waals surface area contributed by atoms with Crippen LogP contribution in [0.1, 0.15) is 11.1 Å². The first-order valence-corrected chi connectivity index (χ1v) is 18.4. The van der Waals surface area contributed by atoms with Gasteiger partial charge in [-0.05, 0) is 102 Å². The third-order valence-electron chi connectivity index (χ3n) is 10.8. The number of amidine groups is 2. The monoisotopic (exact) mass is 689 g/mol. The van der Waals surface area contributed by atoms with Crippen molar-refractivity contribution in [1.82, 2.24) is 9.13 Å². The van der Waals surface area contributed by atoms with E-state index in [1.54, 1.807) is 0 Å². The van der Waals surface area contributed by atoms with Crippen molar-refractivity contribution in [2.75, 3.05) is 0 Å². The van der Waals surface area contributed by atoms with Crippen LogP contribution in [0.4, 0.5) is 5.69 Å². The highest BCUT2D eigenvalue weighted by molar-refractivity contribution is 6.16. The Morgan fingerprint density at radius 2 is 0.833 bits per heavy atom. The minimum absolute atomic E-state index is 0.945. The third-order valence-corrected chi connectivity index (χ3v) is 10.8. The molecule has 0 aliphatic carbocycles. The lowest BCUT2D eigenvalue weighted by Crippen LogP contribution is -2.34. The van der Waals surface area contributed by atoms with Gasteiger partial charge >= 0.3 is 0 Å². The molecule has 0 unspecified atom stereocenters. The summed E-state index contributed by atoms with van der Waals surface area (Å²) in [5.41, 5.74) is 12.7. The zero-order valence-electron chi connectivity index (χ0n) is 29.3. The van der Waals surface area contributed by atoms with E-state index in [1.807, 2.05) is 6.07 Å². The summed E-state index contributed by atoms with van der Waals surface area (Å²) in [6.07, 6.45) is 0. The van der Waals surface area contributed by atoms with Crippen LogP contribution in [-0.4, -0.2) is 25.4 Å². The minimum atomic E-state index is 0.945. The Labute approximate surface area is 312 Å². The second-order valence-electron chi connectivity index (χ2n) is 13.8. The van der Waals surface area contributed by atoms with Crippen LogP contribution in [0, 0.1) is 0 Å². The topological polar surface area (TPSA) is 25.2 Å². The first-order chi connectivity index (χ1) is 26.8. The third kappa shape index (κ3) is 4.70. The van der Waals surface area contributed by atoms with E-state index in [0.717, 1.165) is 34.2 Å². The van der Waals surface area contributed by atoms with Gasteiger partial charge in [0.2, 0.25) is 0 Å². The maximum Gasteiger partial charge on any atom is 0.279 e. The summed E-state index contributed by atoms with van der Waals surface area (Å²) in [4.78, 5) is 5.07. The van der Waals surface area contributed by atoms with Crippen LogP contribution in [0.2, 0.25) is 0 Å². The molecule has 4 heteroatoms. The van der Waals surface area contributed by atoms with Crippen molar-refractivity contribution in [3.8, 4) is 22.5 Å². The van der Waals surface area contributed by atoms with Gasteiger partial charge in [-0.3, -0.25) is 0 Å². The van der Waals surface area contributed by atoms with E-state index in [4.69, 9.17) is 4.99 Å². The Morgan fingerprint density at radius 1 is 0.333 bits per heavy atom. The van der Waals surface area contributed by atoms with Gasteiger partial charge < -0.3 is 9.13 Å². The van der Waals surface area contributed by atoms with Crippen LogP contribution in [0.5, 0.6) is 0 Å². The van der Waals surface area contributed by atoms with Gasteiger partial charge in [0.05, 0.1) is 33.2 Å². The zero-order chi connectivity index (χ0) is 35.6. The Balaban J connectivity index is 1.02. The van der Waals surface area contributed by atoms with E-state index in [-0.39, 0.29) is 0 Å². The molecule has 3 heterocycles. The number of fused-ring (bicyclic) bond motifs is 6. The number of para-hydroxylation sites is 4. The van der Waals surface area contributed by atoms with Crippen LogP contribution in [0.15, 0.2) is 205 Å². The molecular formula is C50H33N4+. The average molecular weight is 690 g/mol. The van der Waals surface area contributed by atoms with Gasteiger partial charge in [0.15, 0.2) is 0 Å². The summed E-state index contributed by atoms with van der Waals surface area (Å²) in [5.74, 6) is 1.90. The standard InChI is InChI=1S/C50H33N4/c1-4-14-34(15-5-1)49-51-50(54(49)39-18-8-3-9-19-39)35-24-28-40(29-25-35)53-45-22-12-10-20-41(45)43-30-26-37(33-48(43)53)36-27-31-47-44(32-36)42-21-11-13-23-46(42)52(47)38-16-6-2-7-17-38/h1-33H/q+1. The Kier molecular flexibility index (Phi) is 6.82. The molecule has 0 bridgehead atoms. The predicted octanol–water partition coefficient (Wildman–Crippen LogP) is 12.1. The Morgan fingerprint density at radius 3 is 1.56 bits per heavy atom. The second-order valence-corrected chi connectivity index (χ2v) is 13.8. The second kappa shape index (κ2) is 12.1. The molecule has 11 rings (SSSR count). The number of hydrogen-bond acceptors (Lipinski definition) is 1. The maximum atomic E-state index is 5.07. The molecular weight excluding hydrogens is 657 g/mol. The summed E-state index contributed by atoms with van der Waals surface area (Å²) in [7, 11) is 0. The fraction of sp³-hybridized carbons (Fsp3) is 0. The SMILES string of the molecule is c1ccc(C2=[N+](c3ccccc3)C(c3ccc(-n4c5ccccc5c5ccc(-c6ccc7c(c6)c6ccccc6n7-c6ccccc6)cc54)cc3)=N2)cc1. The van der Waals surface area contributed by atoms with Gasteiger partial charge in [-0.25, -0.2) is 0 Å². The van der Waals surface area contributed by atoms with E-state index in [1.165, 1.54) is 60.4 Å². The maximum absolute atomic E-state index is 5.07. The van der Waals surface area contributed by atoms with Gasteiger partial charge in [0.25, 0.3) is 11.7 Å². The number of benzene rings is 8.